The number of likely N-dealkylation sites (tertiary alicyclic amines) is 1. The molecule has 1 heterocycles. The molecular formula is C13H19BrCl2N2O. The Kier molecular flexibility index (Phi) is 7.47. The number of benzene rings is 1. The maximum Gasteiger partial charge on any atom is 0.133 e. The zero-order chi connectivity index (χ0) is 13.0. The molecule has 0 bridgehead atoms. The summed E-state index contributed by atoms with van der Waals surface area (Å²) in [6, 6.07) is 6.09. The third-order valence-electron chi connectivity index (χ3n) is 3.30. The maximum atomic E-state index is 5.88. The van der Waals surface area contributed by atoms with Crippen LogP contribution in [0.4, 0.5) is 0 Å². The fraction of sp³-hybridized carbons (Fsp3) is 0.538. The second-order valence-corrected chi connectivity index (χ2v) is 5.78. The van der Waals surface area contributed by atoms with E-state index < -0.39 is 0 Å². The van der Waals surface area contributed by atoms with Crippen molar-refractivity contribution in [3.05, 3.63) is 27.7 Å². The van der Waals surface area contributed by atoms with Crippen molar-refractivity contribution in [2.75, 3.05) is 26.2 Å². The van der Waals surface area contributed by atoms with Gasteiger partial charge in [0.05, 0.1) is 4.47 Å². The van der Waals surface area contributed by atoms with Gasteiger partial charge in [-0.2, -0.15) is 0 Å². The zero-order valence-electron chi connectivity index (χ0n) is 10.6. The van der Waals surface area contributed by atoms with Gasteiger partial charge in [0, 0.05) is 24.2 Å². The van der Waals surface area contributed by atoms with Crippen LogP contribution in [-0.4, -0.2) is 37.2 Å². The molecule has 0 amide bonds. The van der Waals surface area contributed by atoms with Crippen LogP contribution in [0, 0.1) is 0 Å². The molecule has 1 saturated heterocycles. The van der Waals surface area contributed by atoms with Gasteiger partial charge in [-0.3, -0.25) is 4.90 Å². The highest BCUT2D eigenvalue weighted by atomic mass is 79.9. The lowest BCUT2D eigenvalue weighted by molar-refractivity contribution is 0.199. The van der Waals surface area contributed by atoms with Crippen LogP contribution in [0.25, 0.3) is 0 Å². The van der Waals surface area contributed by atoms with Crippen molar-refractivity contribution < 1.29 is 4.74 Å². The summed E-state index contributed by atoms with van der Waals surface area (Å²) >= 11 is 9.33. The van der Waals surface area contributed by atoms with E-state index in [2.05, 4.69) is 20.8 Å². The van der Waals surface area contributed by atoms with E-state index in [9.17, 15) is 0 Å². The van der Waals surface area contributed by atoms with Gasteiger partial charge in [-0.15, -0.1) is 12.4 Å². The summed E-state index contributed by atoms with van der Waals surface area (Å²) in [6.45, 7) is 3.48. The highest BCUT2D eigenvalue weighted by Gasteiger charge is 2.22. The molecule has 1 aromatic rings. The van der Waals surface area contributed by atoms with Gasteiger partial charge in [-0.1, -0.05) is 11.6 Å². The van der Waals surface area contributed by atoms with Gasteiger partial charge in [-0.05, 0) is 53.5 Å². The molecule has 6 heteroatoms. The predicted molar refractivity (Wildman–Crippen MR) is 85.5 cm³/mol. The fourth-order valence-electron chi connectivity index (χ4n) is 2.32. The molecule has 3 nitrogen and oxygen atoms in total. The summed E-state index contributed by atoms with van der Waals surface area (Å²) in [5.41, 5.74) is 5.74. The SMILES string of the molecule is Cl.NCC1CCCN1CCOc1ccc(Cl)cc1Br. The first-order valence-corrected chi connectivity index (χ1v) is 7.40. The normalized spacial score (nSPS) is 19.2. The van der Waals surface area contributed by atoms with E-state index in [0.29, 0.717) is 17.7 Å². The maximum absolute atomic E-state index is 5.88. The lowest BCUT2D eigenvalue weighted by atomic mass is 10.2. The van der Waals surface area contributed by atoms with Crippen LogP contribution >= 0.6 is 39.9 Å². The van der Waals surface area contributed by atoms with Crippen LogP contribution < -0.4 is 10.5 Å². The van der Waals surface area contributed by atoms with E-state index in [1.54, 1.807) is 0 Å². The van der Waals surface area contributed by atoms with Crippen LogP contribution in [0.15, 0.2) is 22.7 Å². The largest absolute Gasteiger partial charge is 0.491 e. The Balaban J connectivity index is 0.00000180. The number of halogens is 3. The first-order valence-electron chi connectivity index (χ1n) is 6.22. The molecule has 2 N–H and O–H groups in total. The molecule has 2 rings (SSSR count). The minimum Gasteiger partial charge on any atom is -0.491 e. The zero-order valence-corrected chi connectivity index (χ0v) is 13.8. The third kappa shape index (κ3) is 4.80. The number of hydrogen-bond donors (Lipinski definition) is 1. The Morgan fingerprint density at radius 2 is 2.26 bits per heavy atom. The molecule has 1 aliphatic heterocycles. The first kappa shape index (κ1) is 17.1. The summed E-state index contributed by atoms with van der Waals surface area (Å²) in [7, 11) is 0. The van der Waals surface area contributed by atoms with Gasteiger partial charge in [0.2, 0.25) is 0 Å². The Morgan fingerprint density at radius 3 is 2.95 bits per heavy atom. The van der Waals surface area contributed by atoms with Crippen molar-refractivity contribution in [3.8, 4) is 5.75 Å². The molecule has 0 saturated carbocycles. The lowest BCUT2D eigenvalue weighted by Crippen LogP contribution is -2.37. The molecule has 1 fully saturated rings. The van der Waals surface area contributed by atoms with Crippen molar-refractivity contribution in [3.63, 3.8) is 0 Å². The summed E-state index contributed by atoms with van der Waals surface area (Å²) in [5, 5.41) is 0.706. The quantitative estimate of drug-likeness (QED) is 0.865. The Morgan fingerprint density at radius 1 is 1.47 bits per heavy atom. The van der Waals surface area contributed by atoms with Crippen LogP contribution in [0.1, 0.15) is 12.8 Å². The van der Waals surface area contributed by atoms with Gasteiger partial charge in [-0.25, -0.2) is 0 Å². The van der Waals surface area contributed by atoms with E-state index in [0.717, 1.165) is 29.9 Å². The molecular weight excluding hydrogens is 351 g/mol. The molecule has 1 aliphatic rings. The predicted octanol–water partition coefficient (Wildman–Crippen LogP) is 3.33. The minimum absolute atomic E-state index is 0. The molecule has 1 unspecified atom stereocenters. The van der Waals surface area contributed by atoms with Gasteiger partial charge >= 0.3 is 0 Å². The first-order chi connectivity index (χ1) is 8.70. The van der Waals surface area contributed by atoms with Crippen LogP contribution in [0.2, 0.25) is 5.02 Å². The van der Waals surface area contributed by atoms with Gasteiger partial charge < -0.3 is 10.5 Å². The second kappa shape index (κ2) is 8.32. The summed E-state index contributed by atoms with van der Waals surface area (Å²) in [5.74, 6) is 0.836. The molecule has 0 spiro atoms. The van der Waals surface area contributed by atoms with Crippen LogP contribution in [-0.2, 0) is 0 Å². The van der Waals surface area contributed by atoms with E-state index in [-0.39, 0.29) is 12.4 Å². The topological polar surface area (TPSA) is 38.5 Å². The van der Waals surface area contributed by atoms with Crippen molar-refractivity contribution in [1.82, 2.24) is 4.90 Å². The van der Waals surface area contributed by atoms with E-state index in [1.165, 1.54) is 12.8 Å². The number of ether oxygens (including phenoxy) is 1. The monoisotopic (exact) mass is 368 g/mol. The third-order valence-corrected chi connectivity index (χ3v) is 4.16. The minimum atomic E-state index is 0. The van der Waals surface area contributed by atoms with Crippen LogP contribution in [0.5, 0.6) is 5.75 Å². The van der Waals surface area contributed by atoms with E-state index >= 15 is 0 Å². The van der Waals surface area contributed by atoms with Gasteiger partial charge in [0.25, 0.3) is 0 Å². The molecule has 0 radical (unpaired) electrons. The van der Waals surface area contributed by atoms with Gasteiger partial charge in [0.15, 0.2) is 0 Å². The van der Waals surface area contributed by atoms with E-state index in [1.807, 2.05) is 18.2 Å². The van der Waals surface area contributed by atoms with Crippen molar-refractivity contribution >= 4 is 39.9 Å². The number of nitrogens with zero attached hydrogens (tertiary/aromatic N) is 1. The van der Waals surface area contributed by atoms with Crippen molar-refractivity contribution in [1.29, 1.82) is 0 Å². The lowest BCUT2D eigenvalue weighted by Gasteiger charge is -2.23. The Labute approximate surface area is 134 Å². The number of nitrogens with two attached hydrogens (primary N) is 1. The highest BCUT2D eigenvalue weighted by Crippen LogP contribution is 2.28. The van der Waals surface area contributed by atoms with Crippen molar-refractivity contribution in [2.45, 2.75) is 18.9 Å². The standard InChI is InChI=1S/C13H18BrClN2O.ClH/c14-12-8-10(15)3-4-13(12)18-7-6-17-5-1-2-11(17)9-16;/h3-4,8,11H,1-2,5-7,9,16H2;1H. The summed E-state index contributed by atoms with van der Waals surface area (Å²) in [6.07, 6.45) is 2.45. The van der Waals surface area contributed by atoms with E-state index in [4.69, 9.17) is 22.1 Å². The number of rotatable bonds is 5. The average Bonchev–Trinajstić information content (AvgIpc) is 2.79. The Hall–Kier alpha value is -0.0000000000000000555. The molecule has 1 aromatic carbocycles. The molecule has 1 atom stereocenters. The van der Waals surface area contributed by atoms with Crippen LogP contribution in [0.3, 0.4) is 0 Å². The van der Waals surface area contributed by atoms with Crippen molar-refractivity contribution in [2.24, 2.45) is 5.73 Å². The highest BCUT2D eigenvalue weighted by molar-refractivity contribution is 9.10. The smallest absolute Gasteiger partial charge is 0.133 e. The Bertz CT molecular complexity index is 406. The molecule has 108 valence electrons. The molecule has 0 aromatic heterocycles. The average molecular weight is 370 g/mol. The fourth-order valence-corrected chi connectivity index (χ4v) is 3.12. The molecule has 0 aliphatic carbocycles. The number of hydrogen-bond acceptors (Lipinski definition) is 3. The summed E-state index contributed by atoms with van der Waals surface area (Å²) < 4.78 is 6.65. The summed E-state index contributed by atoms with van der Waals surface area (Å²) in [4.78, 5) is 2.41. The van der Waals surface area contributed by atoms with Gasteiger partial charge in [0.1, 0.15) is 12.4 Å². The second-order valence-electron chi connectivity index (χ2n) is 4.49. The molecule has 19 heavy (non-hydrogen) atoms.